The highest BCUT2D eigenvalue weighted by atomic mass is 32.1. The zero-order valence-electron chi connectivity index (χ0n) is 11.8. The first-order valence-corrected chi connectivity index (χ1v) is 7.32. The van der Waals surface area contributed by atoms with Crippen molar-refractivity contribution in [2.75, 3.05) is 33.4 Å². The zero-order valence-corrected chi connectivity index (χ0v) is 12.7. The number of hydrogen-bond acceptors (Lipinski definition) is 7. The van der Waals surface area contributed by atoms with Crippen molar-refractivity contribution >= 4 is 23.1 Å². The zero-order chi connectivity index (χ0) is 14.7. The van der Waals surface area contributed by atoms with Gasteiger partial charge in [0.25, 0.3) is 0 Å². The number of methoxy groups -OCH3 is 1. The van der Waals surface area contributed by atoms with Crippen molar-refractivity contribution in [2.24, 2.45) is 0 Å². The molecule has 1 aromatic heterocycles. The van der Waals surface area contributed by atoms with Gasteiger partial charge in [0.2, 0.25) is 0 Å². The minimum atomic E-state index is -0.583. The molecule has 110 valence electrons. The molecule has 1 aliphatic rings. The van der Waals surface area contributed by atoms with Crippen molar-refractivity contribution in [3.63, 3.8) is 0 Å². The van der Waals surface area contributed by atoms with E-state index in [1.54, 1.807) is 0 Å². The molecule has 0 spiro atoms. The van der Waals surface area contributed by atoms with E-state index < -0.39 is 5.97 Å². The Balaban J connectivity index is 2.28. The van der Waals surface area contributed by atoms with Crippen LogP contribution in [0.2, 0.25) is 0 Å². The predicted octanol–water partition coefficient (Wildman–Crippen LogP) is 1.53. The lowest BCUT2D eigenvalue weighted by Gasteiger charge is -2.30. The van der Waals surface area contributed by atoms with Crippen molar-refractivity contribution in [2.45, 2.75) is 20.0 Å². The van der Waals surface area contributed by atoms with Crippen molar-refractivity contribution in [3.8, 4) is 0 Å². The average Bonchev–Trinajstić information content (AvgIpc) is 2.92. The van der Waals surface area contributed by atoms with Gasteiger partial charge >= 0.3 is 5.97 Å². The third kappa shape index (κ3) is 3.05. The van der Waals surface area contributed by atoms with Crippen molar-refractivity contribution < 1.29 is 19.1 Å². The van der Waals surface area contributed by atoms with Crippen LogP contribution in [-0.4, -0.2) is 55.0 Å². The molecule has 0 bridgehead atoms. The Morgan fingerprint density at radius 3 is 2.90 bits per heavy atom. The van der Waals surface area contributed by atoms with Crippen LogP contribution in [-0.2, 0) is 9.47 Å². The topological polar surface area (TPSA) is 68.7 Å². The molecule has 6 nitrogen and oxygen atoms in total. The lowest BCUT2D eigenvalue weighted by molar-refractivity contribution is -0.0283. The maximum atomic E-state index is 11.7. The van der Waals surface area contributed by atoms with Gasteiger partial charge in [-0.25, -0.2) is 9.78 Å². The van der Waals surface area contributed by atoms with Crippen LogP contribution in [0.25, 0.3) is 0 Å². The minimum absolute atomic E-state index is 0.0946. The maximum Gasteiger partial charge on any atom is 0.358 e. The third-order valence-electron chi connectivity index (χ3n) is 3.22. The Morgan fingerprint density at radius 1 is 1.55 bits per heavy atom. The second-order valence-corrected chi connectivity index (χ2v) is 5.56. The third-order valence-corrected chi connectivity index (χ3v) is 4.46. The molecule has 0 aliphatic carbocycles. The normalized spacial score (nSPS) is 19.9. The molecule has 1 saturated heterocycles. The largest absolute Gasteiger partial charge is 0.464 e. The van der Waals surface area contributed by atoms with Crippen LogP contribution in [0.4, 0.5) is 0 Å². The molecule has 1 atom stereocenters. The maximum absolute atomic E-state index is 11.7. The number of ether oxygens (including phenoxy) is 2. The van der Waals surface area contributed by atoms with E-state index in [0.29, 0.717) is 16.5 Å². The van der Waals surface area contributed by atoms with E-state index in [4.69, 9.17) is 4.74 Å². The van der Waals surface area contributed by atoms with E-state index in [-0.39, 0.29) is 17.6 Å². The summed E-state index contributed by atoms with van der Waals surface area (Å²) in [6.07, 6.45) is -0.190. The van der Waals surface area contributed by atoms with Crippen LogP contribution in [0.1, 0.15) is 45.1 Å². The van der Waals surface area contributed by atoms with E-state index in [0.717, 1.165) is 19.6 Å². The lowest BCUT2D eigenvalue weighted by atomic mass is 10.2. The number of likely N-dealkylation sites (N-methyl/N-ethyl adjacent to an activating group) is 1. The highest BCUT2D eigenvalue weighted by Crippen LogP contribution is 2.29. The van der Waals surface area contributed by atoms with Gasteiger partial charge in [-0.2, -0.15) is 0 Å². The Morgan fingerprint density at radius 2 is 2.30 bits per heavy atom. The van der Waals surface area contributed by atoms with Crippen LogP contribution in [0.5, 0.6) is 0 Å². The van der Waals surface area contributed by atoms with Crippen LogP contribution in [0, 0.1) is 0 Å². The van der Waals surface area contributed by atoms with E-state index >= 15 is 0 Å². The van der Waals surface area contributed by atoms with Crippen molar-refractivity contribution in [1.82, 2.24) is 9.88 Å². The first-order valence-electron chi connectivity index (χ1n) is 6.50. The molecule has 1 fully saturated rings. The first kappa shape index (κ1) is 15.1. The quantitative estimate of drug-likeness (QED) is 0.620. The number of carbonyl (C=O) groups is 2. The molecule has 20 heavy (non-hydrogen) atoms. The number of nitrogens with zero attached hydrogens (tertiary/aromatic N) is 2. The fraction of sp³-hybridized carbons (Fsp3) is 0.615. The van der Waals surface area contributed by atoms with Crippen LogP contribution in [0.15, 0.2) is 0 Å². The SMILES string of the molecule is CCN1CCOC(c2nc(C(=O)OC)c(C(C)=O)s2)C1. The molecule has 0 amide bonds. The molecule has 1 aliphatic heterocycles. The summed E-state index contributed by atoms with van der Waals surface area (Å²) in [4.78, 5) is 30.1. The number of thiazole rings is 1. The monoisotopic (exact) mass is 298 g/mol. The summed E-state index contributed by atoms with van der Waals surface area (Å²) in [5.74, 6) is -0.766. The summed E-state index contributed by atoms with van der Waals surface area (Å²) in [7, 11) is 1.28. The van der Waals surface area contributed by atoms with E-state index in [9.17, 15) is 9.59 Å². The van der Waals surface area contributed by atoms with Crippen LogP contribution < -0.4 is 0 Å². The number of hydrogen-bond donors (Lipinski definition) is 0. The second kappa shape index (κ2) is 6.43. The molecular formula is C13H18N2O4S. The van der Waals surface area contributed by atoms with Gasteiger partial charge in [-0.3, -0.25) is 9.69 Å². The predicted molar refractivity (Wildman–Crippen MR) is 74.3 cm³/mol. The number of rotatable bonds is 4. The molecule has 0 saturated carbocycles. The standard InChI is InChI=1S/C13H18N2O4S/c1-4-15-5-6-19-9(7-15)12-14-10(13(17)18-3)11(20-12)8(2)16/h9H,4-7H2,1-3H3. The molecule has 7 heteroatoms. The fourth-order valence-electron chi connectivity index (χ4n) is 2.09. The summed E-state index contributed by atoms with van der Waals surface area (Å²) in [6.45, 7) is 6.69. The van der Waals surface area contributed by atoms with Gasteiger partial charge in [0.05, 0.1) is 13.7 Å². The Hall–Kier alpha value is -1.31. The number of ketones is 1. The molecule has 0 aromatic carbocycles. The van der Waals surface area contributed by atoms with E-state index in [1.807, 2.05) is 0 Å². The first-order chi connectivity index (χ1) is 9.56. The number of Topliss-reactive ketones (excluding diaryl/α,β-unsaturated/α-hetero) is 1. The molecule has 0 radical (unpaired) electrons. The summed E-state index contributed by atoms with van der Waals surface area (Å²) in [6, 6.07) is 0. The average molecular weight is 298 g/mol. The van der Waals surface area contributed by atoms with Crippen molar-refractivity contribution in [1.29, 1.82) is 0 Å². The minimum Gasteiger partial charge on any atom is -0.464 e. The van der Waals surface area contributed by atoms with Crippen LogP contribution in [0.3, 0.4) is 0 Å². The Labute approximate surface area is 121 Å². The molecule has 2 heterocycles. The highest BCUT2D eigenvalue weighted by molar-refractivity contribution is 7.14. The lowest BCUT2D eigenvalue weighted by Crippen LogP contribution is -2.38. The number of esters is 1. The van der Waals surface area contributed by atoms with E-state index in [2.05, 4.69) is 21.5 Å². The summed E-state index contributed by atoms with van der Waals surface area (Å²) in [5, 5.41) is 0.661. The van der Waals surface area contributed by atoms with Gasteiger partial charge in [-0.05, 0) is 6.54 Å². The van der Waals surface area contributed by atoms with Gasteiger partial charge in [0, 0.05) is 20.0 Å². The number of morpholine rings is 1. The fourth-order valence-corrected chi connectivity index (χ4v) is 3.08. The summed E-state index contributed by atoms with van der Waals surface area (Å²) < 4.78 is 10.4. The molecule has 1 aromatic rings. The van der Waals surface area contributed by atoms with Crippen LogP contribution >= 0.6 is 11.3 Å². The van der Waals surface area contributed by atoms with Gasteiger partial charge in [0.1, 0.15) is 16.0 Å². The Bertz CT molecular complexity index is 514. The summed E-state index contributed by atoms with van der Waals surface area (Å²) in [5.41, 5.74) is 0.0946. The number of carbonyl (C=O) groups excluding carboxylic acids is 2. The summed E-state index contributed by atoms with van der Waals surface area (Å²) >= 11 is 1.22. The molecular weight excluding hydrogens is 280 g/mol. The second-order valence-electron chi connectivity index (χ2n) is 4.53. The molecule has 1 unspecified atom stereocenters. The Kier molecular flexibility index (Phi) is 4.85. The smallest absolute Gasteiger partial charge is 0.358 e. The van der Waals surface area contributed by atoms with Crippen molar-refractivity contribution in [3.05, 3.63) is 15.6 Å². The van der Waals surface area contributed by atoms with Gasteiger partial charge in [-0.15, -0.1) is 11.3 Å². The van der Waals surface area contributed by atoms with Gasteiger partial charge in [0.15, 0.2) is 11.5 Å². The van der Waals surface area contributed by atoms with Gasteiger partial charge in [-0.1, -0.05) is 6.92 Å². The van der Waals surface area contributed by atoms with Gasteiger partial charge < -0.3 is 9.47 Å². The van der Waals surface area contributed by atoms with E-state index in [1.165, 1.54) is 25.4 Å². The molecule has 2 rings (SSSR count). The number of aromatic nitrogens is 1. The molecule has 0 N–H and O–H groups in total. The highest BCUT2D eigenvalue weighted by Gasteiger charge is 2.28.